The first-order valence-electron chi connectivity index (χ1n) is 9.29. The lowest BCUT2D eigenvalue weighted by molar-refractivity contribution is -0.0192. The lowest BCUT2D eigenvalue weighted by Gasteiger charge is -2.38. The fourth-order valence-corrected chi connectivity index (χ4v) is 4.62. The Morgan fingerprint density at radius 1 is 1.10 bits per heavy atom. The van der Waals surface area contributed by atoms with Crippen LogP contribution >= 0.6 is 11.3 Å². The van der Waals surface area contributed by atoms with Gasteiger partial charge >= 0.3 is 0 Å². The van der Waals surface area contributed by atoms with E-state index in [0.717, 1.165) is 33.9 Å². The molecule has 3 heterocycles. The van der Waals surface area contributed by atoms with Crippen molar-refractivity contribution >= 4 is 17.0 Å². The minimum Gasteiger partial charge on any atom is -0.502 e. The third kappa shape index (κ3) is 2.89. The Morgan fingerprint density at radius 2 is 1.86 bits per heavy atom. The Bertz CT molecular complexity index is 1060. The topological polar surface area (TPSA) is 63.5 Å². The number of thiophene rings is 1. The maximum atomic E-state index is 10.3. The van der Waals surface area contributed by atoms with Crippen molar-refractivity contribution in [3.8, 4) is 23.0 Å². The van der Waals surface area contributed by atoms with Crippen LogP contribution in [0.4, 0.5) is 0 Å². The highest BCUT2D eigenvalue weighted by Crippen LogP contribution is 2.49. The Kier molecular flexibility index (Phi) is 4.32. The number of ether oxygens (including phenoxy) is 3. The zero-order valence-corrected chi connectivity index (χ0v) is 16.8. The molecular formula is C22H20N2O4S. The minimum atomic E-state index is -0.462. The van der Waals surface area contributed by atoms with Crippen LogP contribution in [0, 0.1) is 0 Å². The molecule has 6 nitrogen and oxygen atoms in total. The molecule has 3 aromatic rings. The van der Waals surface area contributed by atoms with Crippen molar-refractivity contribution in [2.45, 2.75) is 18.7 Å². The van der Waals surface area contributed by atoms with E-state index in [9.17, 15) is 5.11 Å². The molecule has 0 amide bonds. The maximum Gasteiger partial charge on any atom is 0.214 e. The molecule has 0 spiro atoms. The number of methoxy groups -OCH3 is 2. The van der Waals surface area contributed by atoms with Gasteiger partial charge in [-0.05, 0) is 29.6 Å². The first-order chi connectivity index (χ1) is 14.2. The molecule has 0 unspecified atom stereocenters. The second-order valence-corrected chi connectivity index (χ2v) is 7.85. The van der Waals surface area contributed by atoms with Crippen LogP contribution in [0.1, 0.15) is 34.7 Å². The fourth-order valence-electron chi connectivity index (χ4n) is 3.90. The van der Waals surface area contributed by atoms with E-state index >= 15 is 0 Å². The van der Waals surface area contributed by atoms with Crippen LogP contribution < -0.4 is 14.2 Å². The number of para-hydroxylation sites is 1. The van der Waals surface area contributed by atoms with Gasteiger partial charge in [-0.3, -0.25) is 0 Å². The third-order valence-electron chi connectivity index (χ3n) is 5.29. The highest BCUT2D eigenvalue weighted by molar-refractivity contribution is 7.12. The average Bonchev–Trinajstić information content (AvgIpc) is 3.43. The normalized spacial score (nSPS) is 19.8. The zero-order chi connectivity index (χ0) is 20.0. The van der Waals surface area contributed by atoms with Crippen LogP contribution in [0.25, 0.3) is 0 Å². The van der Waals surface area contributed by atoms with Gasteiger partial charge in [0.1, 0.15) is 5.75 Å². The number of aromatic hydroxyl groups is 1. The number of phenols is 1. The molecule has 0 bridgehead atoms. The molecule has 2 aliphatic heterocycles. The van der Waals surface area contributed by atoms with E-state index in [1.807, 2.05) is 29.3 Å². The van der Waals surface area contributed by atoms with Gasteiger partial charge in [-0.1, -0.05) is 24.3 Å². The van der Waals surface area contributed by atoms with E-state index in [1.165, 1.54) is 14.2 Å². The smallest absolute Gasteiger partial charge is 0.214 e. The maximum absolute atomic E-state index is 10.3. The summed E-state index contributed by atoms with van der Waals surface area (Å²) < 4.78 is 17.0. The highest BCUT2D eigenvalue weighted by Gasteiger charge is 2.41. The van der Waals surface area contributed by atoms with Gasteiger partial charge in [0, 0.05) is 17.5 Å². The van der Waals surface area contributed by atoms with Crippen molar-refractivity contribution in [3.63, 3.8) is 0 Å². The number of rotatable bonds is 4. The summed E-state index contributed by atoms with van der Waals surface area (Å²) in [5.74, 6) is 1.48. The summed E-state index contributed by atoms with van der Waals surface area (Å²) >= 11 is 1.69. The number of nitrogens with zero attached hydrogens (tertiary/aromatic N) is 2. The van der Waals surface area contributed by atoms with Crippen molar-refractivity contribution in [3.05, 3.63) is 69.9 Å². The van der Waals surface area contributed by atoms with E-state index < -0.39 is 6.23 Å². The monoisotopic (exact) mass is 408 g/mol. The van der Waals surface area contributed by atoms with Crippen LogP contribution in [-0.2, 0) is 0 Å². The van der Waals surface area contributed by atoms with Gasteiger partial charge in [0.15, 0.2) is 11.5 Å². The Morgan fingerprint density at radius 3 is 2.55 bits per heavy atom. The summed E-state index contributed by atoms with van der Waals surface area (Å²) in [5.41, 5.74) is 2.97. The molecule has 29 heavy (non-hydrogen) atoms. The lowest BCUT2D eigenvalue weighted by Crippen LogP contribution is -2.33. The quantitative estimate of drug-likeness (QED) is 0.677. The minimum absolute atomic E-state index is 0.0318. The van der Waals surface area contributed by atoms with Gasteiger partial charge in [0.2, 0.25) is 12.0 Å². The van der Waals surface area contributed by atoms with E-state index in [0.29, 0.717) is 11.5 Å². The van der Waals surface area contributed by atoms with E-state index in [-0.39, 0.29) is 11.8 Å². The number of hydrogen-bond donors (Lipinski definition) is 1. The van der Waals surface area contributed by atoms with Gasteiger partial charge in [0.05, 0.1) is 30.9 Å². The van der Waals surface area contributed by atoms with Crippen molar-refractivity contribution in [1.29, 1.82) is 0 Å². The van der Waals surface area contributed by atoms with Crippen molar-refractivity contribution < 1.29 is 19.3 Å². The summed E-state index contributed by atoms with van der Waals surface area (Å²) in [4.78, 5) is 1.16. The molecule has 7 heteroatoms. The second-order valence-electron chi connectivity index (χ2n) is 6.91. The largest absolute Gasteiger partial charge is 0.502 e. The van der Waals surface area contributed by atoms with Crippen LogP contribution in [0.5, 0.6) is 23.0 Å². The summed E-state index contributed by atoms with van der Waals surface area (Å²) in [5, 5.41) is 19.3. The number of phenolic OH excluding ortho intramolecular Hbond substituents is 1. The molecular weight excluding hydrogens is 388 g/mol. The number of fused-ring (bicyclic) bond motifs is 3. The summed E-state index contributed by atoms with van der Waals surface area (Å²) in [7, 11) is 3.03. The molecule has 0 fully saturated rings. The predicted molar refractivity (Wildman–Crippen MR) is 111 cm³/mol. The molecule has 1 N–H and O–H groups in total. The third-order valence-corrected chi connectivity index (χ3v) is 6.21. The number of hydrazone groups is 1. The standard InChI is InChI=1S/C22H20N2O4S/c1-26-18-10-13(11-19(27-2)21(18)25)22-24-16(14-6-3-4-7-17(14)28-22)12-15(23-24)20-8-5-9-29-20/h3-11,16,22,25H,12H2,1-2H3/t16-,22-/m1/s1. The molecule has 1 aromatic heterocycles. The van der Waals surface area contributed by atoms with Crippen LogP contribution in [0.2, 0.25) is 0 Å². The van der Waals surface area contributed by atoms with Crippen molar-refractivity contribution in [2.75, 3.05) is 14.2 Å². The summed E-state index contributed by atoms with van der Waals surface area (Å²) in [6.45, 7) is 0. The Hall–Kier alpha value is -3.19. The van der Waals surface area contributed by atoms with Crippen molar-refractivity contribution in [1.82, 2.24) is 5.01 Å². The fraction of sp³-hybridized carbons (Fsp3) is 0.227. The summed E-state index contributed by atoms with van der Waals surface area (Å²) in [6, 6.07) is 15.8. The van der Waals surface area contributed by atoms with Crippen LogP contribution in [0.3, 0.4) is 0 Å². The molecule has 0 saturated carbocycles. The van der Waals surface area contributed by atoms with E-state index in [1.54, 1.807) is 23.5 Å². The highest BCUT2D eigenvalue weighted by atomic mass is 32.1. The molecule has 0 saturated heterocycles. The van der Waals surface area contributed by atoms with Gasteiger partial charge < -0.3 is 19.3 Å². The van der Waals surface area contributed by atoms with Crippen LogP contribution in [-0.4, -0.2) is 30.0 Å². The van der Waals surface area contributed by atoms with E-state index in [4.69, 9.17) is 19.3 Å². The molecule has 2 aromatic carbocycles. The molecule has 2 aliphatic rings. The van der Waals surface area contributed by atoms with Gasteiger partial charge in [-0.25, -0.2) is 5.01 Å². The first-order valence-corrected chi connectivity index (χ1v) is 10.2. The first kappa shape index (κ1) is 17.9. The molecule has 5 rings (SSSR count). The molecule has 148 valence electrons. The number of benzene rings is 2. The average molecular weight is 408 g/mol. The van der Waals surface area contributed by atoms with Crippen molar-refractivity contribution in [2.24, 2.45) is 5.10 Å². The number of hydrogen-bond acceptors (Lipinski definition) is 7. The van der Waals surface area contributed by atoms with Gasteiger partial charge in [0.25, 0.3) is 0 Å². The lowest BCUT2D eigenvalue weighted by atomic mass is 9.97. The summed E-state index contributed by atoms with van der Waals surface area (Å²) in [6.07, 6.45) is 0.347. The Balaban J connectivity index is 1.63. The zero-order valence-electron chi connectivity index (χ0n) is 16.0. The predicted octanol–water partition coefficient (Wildman–Crippen LogP) is 4.71. The van der Waals surface area contributed by atoms with Gasteiger partial charge in [-0.2, -0.15) is 5.10 Å². The van der Waals surface area contributed by atoms with Gasteiger partial charge in [-0.15, -0.1) is 11.3 Å². The van der Waals surface area contributed by atoms with E-state index in [2.05, 4.69) is 17.5 Å². The Labute approximate surface area is 172 Å². The molecule has 0 aliphatic carbocycles. The van der Waals surface area contributed by atoms with Crippen LogP contribution in [0.15, 0.2) is 59.0 Å². The molecule has 2 atom stereocenters. The second kappa shape index (κ2) is 7.00. The SMILES string of the molecule is COc1cc([C@H]2Oc3ccccc3[C@H]3CC(c4cccs4)=NN32)cc(OC)c1O. The molecule has 0 radical (unpaired) electrons.